The summed E-state index contributed by atoms with van der Waals surface area (Å²) in [6.45, 7) is 1.26. The van der Waals surface area contributed by atoms with Crippen LogP contribution in [0, 0.1) is 0 Å². The minimum absolute atomic E-state index is 0.0281. The molecule has 8 heteroatoms. The molecule has 3 rings (SSSR count). The van der Waals surface area contributed by atoms with Gasteiger partial charge in [0.05, 0.1) is 0 Å². The van der Waals surface area contributed by atoms with Crippen LogP contribution in [-0.4, -0.2) is 51.8 Å². The molecule has 0 aromatic heterocycles. The fraction of sp³-hybridized carbons (Fsp3) is 0.409. The molecule has 1 aliphatic heterocycles. The van der Waals surface area contributed by atoms with Gasteiger partial charge in [-0.2, -0.15) is 0 Å². The summed E-state index contributed by atoms with van der Waals surface area (Å²) in [5, 5.41) is 8.29. The summed E-state index contributed by atoms with van der Waals surface area (Å²) >= 11 is 0. The molecular formula is C22H29N2O5P. The van der Waals surface area contributed by atoms with Crippen molar-refractivity contribution in [3.63, 3.8) is 0 Å². The maximum atomic E-state index is 12.9. The first-order valence-electron chi connectivity index (χ1n) is 10.2. The molecule has 30 heavy (non-hydrogen) atoms. The molecule has 0 amide bonds. The summed E-state index contributed by atoms with van der Waals surface area (Å²) < 4.78 is 18.9. The van der Waals surface area contributed by atoms with E-state index in [-0.39, 0.29) is 19.1 Å². The summed E-state index contributed by atoms with van der Waals surface area (Å²) in [6.07, 6.45) is 1.24. The molecule has 1 heterocycles. The molecule has 1 fully saturated rings. The van der Waals surface area contributed by atoms with Crippen LogP contribution in [0.3, 0.4) is 0 Å². The van der Waals surface area contributed by atoms with Crippen molar-refractivity contribution in [3.05, 3.63) is 60.2 Å². The van der Waals surface area contributed by atoms with Crippen molar-refractivity contribution >= 4 is 13.3 Å². The zero-order chi connectivity index (χ0) is 21.6. The number of aliphatic carboxylic acids is 1. The molecule has 1 aliphatic rings. The highest BCUT2D eigenvalue weighted by molar-refractivity contribution is 7.61. The smallest absolute Gasteiger partial charge is 0.320 e. The van der Waals surface area contributed by atoms with Crippen LogP contribution in [0.2, 0.25) is 0 Å². The quantitative estimate of drug-likeness (QED) is 0.410. The van der Waals surface area contributed by atoms with Gasteiger partial charge in [0.15, 0.2) is 5.16 Å². The van der Waals surface area contributed by atoms with Gasteiger partial charge in [-0.25, -0.2) is 0 Å². The van der Waals surface area contributed by atoms with Gasteiger partial charge >= 0.3 is 5.97 Å². The van der Waals surface area contributed by atoms with Crippen molar-refractivity contribution in [1.29, 1.82) is 0 Å². The Hall–Kier alpha value is -2.18. The highest BCUT2D eigenvalue weighted by Crippen LogP contribution is 2.59. The zero-order valence-corrected chi connectivity index (χ0v) is 17.8. The summed E-state index contributed by atoms with van der Waals surface area (Å²) in [6, 6.07) is 17.0. The summed E-state index contributed by atoms with van der Waals surface area (Å²) in [7, 11) is -3.85. The number of ether oxygens (including phenoxy) is 1. The number of carbonyl (C=O) groups is 1. The lowest BCUT2D eigenvalue weighted by atomic mass is 9.99. The van der Waals surface area contributed by atoms with Gasteiger partial charge in [0.2, 0.25) is 7.37 Å². The van der Waals surface area contributed by atoms with Crippen LogP contribution >= 0.6 is 7.37 Å². The summed E-state index contributed by atoms with van der Waals surface area (Å²) in [4.78, 5) is 24.7. The number of hydrogen-bond donors (Lipinski definition) is 3. The molecule has 2 aromatic rings. The predicted molar refractivity (Wildman–Crippen MR) is 116 cm³/mol. The summed E-state index contributed by atoms with van der Waals surface area (Å²) in [5.41, 5.74) is 6.44. The van der Waals surface area contributed by atoms with E-state index in [2.05, 4.69) is 0 Å². The van der Waals surface area contributed by atoms with Crippen LogP contribution in [0.15, 0.2) is 54.6 Å². The lowest BCUT2D eigenvalue weighted by molar-refractivity contribution is -0.141. The third-order valence-electron chi connectivity index (χ3n) is 5.65. The number of nitrogens with two attached hydrogens (primary N) is 1. The number of carboxylic acid groups (broad SMARTS) is 1. The number of nitrogens with zero attached hydrogens (tertiary/aromatic N) is 1. The number of rotatable bonds is 9. The molecule has 7 nitrogen and oxygen atoms in total. The van der Waals surface area contributed by atoms with Gasteiger partial charge in [-0.3, -0.25) is 14.3 Å². The van der Waals surface area contributed by atoms with E-state index in [4.69, 9.17) is 10.5 Å². The van der Waals surface area contributed by atoms with Crippen molar-refractivity contribution in [2.45, 2.75) is 31.0 Å². The minimum Gasteiger partial charge on any atom is -0.480 e. The van der Waals surface area contributed by atoms with Gasteiger partial charge in [-0.05, 0) is 37.6 Å². The molecular weight excluding hydrogens is 403 g/mol. The molecule has 0 saturated carbocycles. The van der Waals surface area contributed by atoms with Gasteiger partial charge < -0.3 is 20.5 Å². The maximum absolute atomic E-state index is 12.9. The van der Waals surface area contributed by atoms with Gasteiger partial charge in [0, 0.05) is 31.4 Å². The second kappa shape index (κ2) is 9.75. The van der Waals surface area contributed by atoms with Gasteiger partial charge in [0.25, 0.3) is 0 Å². The molecule has 0 spiro atoms. The molecule has 0 bridgehead atoms. The van der Waals surface area contributed by atoms with Gasteiger partial charge in [-0.15, -0.1) is 0 Å². The van der Waals surface area contributed by atoms with E-state index in [1.807, 2.05) is 59.5 Å². The largest absolute Gasteiger partial charge is 0.480 e. The lowest BCUT2D eigenvalue weighted by Crippen LogP contribution is -2.53. The van der Waals surface area contributed by atoms with Gasteiger partial charge in [-0.1, -0.05) is 42.8 Å². The van der Waals surface area contributed by atoms with E-state index < -0.39 is 18.5 Å². The molecule has 0 radical (unpaired) electrons. The first-order chi connectivity index (χ1) is 14.4. The van der Waals surface area contributed by atoms with Gasteiger partial charge in [0.1, 0.15) is 11.5 Å². The van der Waals surface area contributed by atoms with E-state index in [0.717, 1.165) is 5.56 Å². The standard InChI is InChI=1S/C22H29N2O5P/c23-13-7-6-12-22(21(25)26)17-24(14-15-30(22,27)28)16-18-8-4-5-11-20(18)29-19-9-2-1-3-10-19/h1-5,8-11H,6-7,12-17,23H2,(H,25,26)(H,27,28). The van der Waals surface area contributed by atoms with Crippen LogP contribution < -0.4 is 10.5 Å². The van der Waals surface area contributed by atoms with Crippen molar-refractivity contribution in [2.75, 3.05) is 25.8 Å². The Kier molecular flexibility index (Phi) is 7.32. The van der Waals surface area contributed by atoms with Crippen molar-refractivity contribution in [2.24, 2.45) is 5.73 Å². The van der Waals surface area contributed by atoms with Crippen LogP contribution in [0.5, 0.6) is 11.5 Å². The molecule has 2 unspecified atom stereocenters. The molecule has 2 atom stereocenters. The Labute approximate surface area is 176 Å². The van der Waals surface area contributed by atoms with E-state index in [0.29, 0.717) is 44.0 Å². The Morgan fingerprint density at radius 3 is 2.53 bits per heavy atom. The molecule has 2 aromatic carbocycles. The van der Waals surface area contributed by atoms with E-state index in [1.54, 1.807) is 0 Å². The second-order valence-electron chi connectivity index (χ2n) is 7.74. The Morgan fingerprint density at radius 2 is 1.83 bits per heavy atom. The van der Waals surface area contributed by atoms with E-state index in [1.165, 1.54) is 0 Å². The molecule has 0 aliphatic carbocycles. The Balaban J connectivity index is 1.80. The SMILES string of the molecule is NCCCCC1(C(=O)O)CN(Cc2ccccc2Oc2ccccc2)CCP1(=O)O. The molecule has 162 valence electrons. The zero-order valence-electron chi connectivity index (χ0n) is 16.9. The number of unbranched alkanes of at least 4 members (excludes halogenated alkanes) is 1. The van der Waals surface area contributed by atoms with Crippen LogP contribution in [-0.2, 0) is 15.9 Å². The second-order valence-corrected chi connectivity index (χ2v) is 10.4. The Morgan fingerprint density at radius 1 is 1.13 bits per heavy atom. The topological polar surface area (TPSA) is 113 Å². The molecule has 4 N–H and O–H groups in total. The van der Waals surface area contributed by atoms with E-state index >= 15 is 0 Å². The highest BCUT2D eigenvalue weighted by atomic mass is 31.2. The number of benzene rings is 2. The first kappa shape index (κ1) is 22.5. The third-order valence-corrected chi connectivity index (χ3v) is 8.35. The predicted octanol–water partition coefficient (Wildman–Crippen LogP) is 3.52. The Bertz CT molecular complexity index is 907. The van der Waals surface area contributed by atoms with Crippen LogP contribution in [0.25, 0.3) is 0 Å². The van der Waals surface area contributed by atoms with E-state index in [9.17, 15) is 19.4 Å². The van der Waals surface area contributed by atoms with Crippen molar-refractivity contribution in [3.8, 4) is 11.5 Å². The fourth-order valence-electron chi connectivity index (χ4n) is 3.92. The summed E-state index contributed by atoms with van der Waals surface area (Å²) in [5.74, 6) is 0.194. The van der Waals surface area contributed by atoms with Crippen molar-refractivity contribution in [1.82, 2.24) is 4.90 Å². The average Bonchev–Trinajstić information content (AvgIpc) is 2.72. The van der Waals surface area contributed by atoms with Crippen LogP contribution in [0.4, 0.5) is 0 Å². The van der Waals surface area contributed by atoms with Crippen molar-refractivity contribution < 1.29 is 24.1 Å². The molecule has 1 saturated heterocycles. The fourth-order valence-corrected chi connectivity index (χ4v) is 6.12. The monoisotopic (exact) mass is 432 g/mol. The number of carboxylic acids is 1. The number of hydrogen-bond acceptors (Lipinski definition) is 5. The third kappa shape index (κ3) is 4.93. The average molecular weight is 432 g/mol. The normalized spacial score (nSPS) is 24.5. The highest BCUT2D eigenvalue weighted by Gasteiger charge is 2.56. The van der Waals surface area contributed by atoms with Crippen LogP contribution in [0.1, 0.15) is 24.8 Å². The lowest BCUT2D eigenvalue weighted by Gasteiger charge is -2.43. The maximum Gasteiger partial charge on any atom is 0.320 e. The first-order valence-corrected chi connectivity index (χ1v) is 12.0. The minimum atomic E-state index is -3.85. The number of para-hydroxylation sites is 2.